The average molecular weight is 740 g/mol. The maximum absolute atomic E-state index is 13.0. The summed E-state index contributed by atoms with van der Waals surface area (Å²) in [5.74, 6) is 0.708. The molecular formula is C34H37N5O6S4. The van der Waals surface area contributed by atoms with Crippen LogP contribution in [0.25, 0.3) is 12.2 Å². The highest BCUT2D eigenvalue weighted by atomic mass is 32.2. The molecule has 0 saturated carbocycles. The molecule has 3 aliphatic heterocycles. The average Bonchev–Trinajstić information content (AvgIpc) is 3.53. The van der Waals surface area contributed by atoms with Gasteiger partial charge in [0.15, 0.2) is 0 Å². The number of thiocarbonyl (C=S) groups is 2. The molecule has 1 N–H and O–H groups in total. The van der Waals surface area contributed by atoms with Crippen LogP contribution in [0.15, 0.2) is 58.3 Å². The Morgan fingerprint density at radius 1 is 0.755 bits per heavy atom. The summed E-state index contributed by atoms with van der Waals surface area (Å²) in [6.45, 7) is 4.02. The number of benzene rings is 2. The first kappa shape index (κ1) is 36.5. The van der Waals surface area contributed by atoms with Crippen molar-refractivity contribution in [1.82, 2.24) is 24.9 Å². The molecule has 0 bridgehead atoms. The molecule has 0 aromatic heterocycles. The van der Waals surface area contributed by atoms with Gasteiger partial charge in [-0.05, 0) is 24.3 Å². The Morgan fingerprint density at radius 2 is 1.24 bits per heavy atom. The van der Waals surface area contributed by atoms with Crippen molar-refractivity contribution in [2.75, 3.05) is 66.6 Å². The Bertz CT molecular complexity index is 1690. The lowest BCUT2D eigenvalue weighted by atomic mass is 10.2. The second-order valence-electron chi connectivity index (χ2n) is 11.2. The molecule has 0 radical (unpaired) electrons. The van der Waals surface area contributed by atoms with Gasteiger partial charge in [-0.2, -0.15) is 0 Å². The predicted molar refractivity (Wildman–Crippen MR) is 201 cm³/mol. The minimum Gasteiger partial charge on any atom is -0.496 e. The number of para-hydroxylation sites is 2. The zero-order chi connectivity index (χ0) is 34.9. The van der Waals surface area contributed by atoms with Gasteiger partial charge in [0.2, 0.25) is 11.8 Å². The Balaban J connectivity index is 0.990. The van der Waals surface area contributed by atoms with Gasteiger partial charge in [-0.3, -0.25) is 33.9 Å². The van der Waals surface area contributed by atoms with E-state index in [0.717, 1.165) is 11.1 Å². The van der Waals surface area contributed by atoms with E-state index in [2.05, 4.69) is 10.2 Å². The Kier molecular flexibility index (Phi) is 12.9. The number of hydrogen-bond donors (Lipinski definition) is 1. The smallest absolute Gasteiger partial charge is 0.266 e. The number of methoxy groups -OCH3 is 2. The van der Waals surface area contributed by atoms with Crippen LogP contribution < -0.4 is 14.8 Å². The third-order valence-corrected chi connectivity index (χ3v) is 10.9. The van der Waals surface area contributed by atoms with Crippen molar-refractivity contribution in [3.8, 4) is 11.5 Å². The lowest BCUT2D eigenvalue weighted by Gasteiger charge is -2.35. The highest BCUT2D eigenvalue weighted by Crippen LogP contribution is 2.35. The van der Waals surface area contributed by atoms with Gasteiger partial charge in [-0.15, -0.1) is 0 Å². The zero-order valence-electron chi connectivity index (χ0n) is 27.2. The Labute approximate surface area is 305 Å². The van der Waals surface area contributed by atoms with Crippen LogP contribution in [0.4, 0.5) is 0 Å². The Morgan fingerprint density at radius 3 is 1.76 bits per heavy atom. The van der Waals surface area contributed by atoms with Crippen LogP contribution in [0.1, 0.15) is 24.0 Å². The monoisotopic (exact) mass is 739 g/mol. The molecule has 11 nitrogen and oxygen atoms in total. The predicted octanol–water partition coefficient (Wildman–Crippen LogP) is 3.85. The van der Waals surface area contributed by atoms with E-state index in [4.69, 9.17) is 33.9 Å². The molecule has 15 heteroatoms. The Hall–Kier alpha value is -3.76. The summed E-state index contributed by atoms with van der Waals surface area (Å²) in [6, 6.07) is 14.9. The molecule has 0 unspecified atom stereocenters. The fraction of sp³-hybridized carbons (Fsp3) is 0.353. The maximum atomic E-state index is 13.0. The summed E-state index contributed by atoms with van der Waals surface area (Å²) in [7, 11) is 3.16. The van der Waals surface area contributed by atoms with Crippen molar-refractivity contribution in [3.05, 3.63) is 69.5 Å². The number of nitrogens with zero attached hydrogens (tertiary/aromatic N) is 4. The summed E-state index contributed by atoms with van der Waals surface area (Å²) in [5.41, 5.74) is 1.57. The number of rotatable bonds is 13. The molecule has 0 atom stereocenters. The SMILES string of the molecule is COc1ccccc1C=C1SC(=S)N(CCC(=O)NCCN2CCN(C(=O)CCN3C(=O)C(=Cc4ccccc4OC)SC3=S)CC2)C1=O. The normalized spacial score (nSPS) is 18.6. The van der Waals surface area contributed by atoms with E-state index < -0.39 is 0 Å². The highest BCUT2D eigenvalue weighted by molar-refractivity contribution is 8.27. The van der Waals surface area contributed by atoms with Crippen molar-refractivity contribution in [2.45, 2.75) is 12.8 Å². The number of carbonyl (C=O) groups is 4. The largest absolute Gasteiger partial charge is 0.496 e. The van der Waals surface area contributed by atoms with Crippen molar-refractivity contribution < 1.29 is 28.7 Å². The fourth-order valence-corrected chi connectivity index (χ4v) is 8.08. The summed E-state index contributed by atoms with van der Waals surface area (Å²) in [5, 5.41) is 2.93. The molecule has 3 saturated heterocycles. The lowest BCUT2D eigenvalue weighted by Crippen LogP contribution is -2.50. The zero-order valence-corrected chi connectivity index (χ0v) is 30.5. The van der Waals surface area contributed by atoms with Crippen LogP contribution >= 0.6 is 48.0 Å². The summed E-state index contributed by atoms with van der Waals surface area (Å²) < 4.78 is 11.6. The van der Waals surface area contributed by atoms with Crippen molar-refractivity contribution in [2.24, 2.45) is 0 Å². The van der Waals surface area contributed by atoms with Crippen LogP contribution in [-0.4, -0.2) is 118 Å². The van der Waals surface area contributed by atoms with Gasteiger partial charge < -0.3 is 19.7 Å². The van der Waals surface area contributed by atoms with E-state index in [1.807, 2.05) is 53.4 Å². The number of ether oxygens (including phenoxy) is 2. The first-order valence-corrected chi connectivity index (χ1v) is 18.2. The van der Waals surface area contributed by atoms with Gasteiger partial charge in [-0.25, -0.2) is 0 Å². The molecule has 4 amide bonds. The minimum atomic E-state index is -0.222. The van der Waals surface area contributed by atoms with Crippen LogP contribution in [0.3, 0.4) is 0 Å². The summed E-state index contributed by atoms with van der Waals surface area (Å²) in [4.78, 5) is 59.5. The molecule has 258 valence electrons. The topological polar surface area (TPSA) is 112 Å². The number of thioether (sulfide) groups is 2. The number of carbonyl (C=O) groups excluding carboxylic acids is 4. The lowest BCUT2D eigenvalue weighted by molar-refractivity contribution is -0.133. The van der Waals surface area contributed by atoms with E-state index >= 15 is 0 Å². The number of piperazine rings is 1. The molecule has 5 rings (SSSR count). The summed E-state index contributed by atoms with van der Waals surface area (Å²) in [6.07, 6.45) is 3.84. The van der Waals surface area contributed by atoms with E-state index in [0.29, 0.717) is 69.2 Å². The van der Waals surface area contributed by atoms with Gasteiger partial charge in [0, 0.05) is 76.3 Å². The first-order valence-electron chi connectivity index (χ1n) is 15.7. The number of nitrogens with one attached hydrogen (secondary N) is 1. The standard InChI is InChI=1S/C34H37N5O6S4/c1-44-25-9-5-3-7-23(25)21-27-31(42)38(33(46)48-27)14-11-29(40)35-13-16-36-17-19-37(20-18-36)30(41)12-15-39-32(43)28(49-34(39)47)22-24-8-4-6-10-26(24)45-2/h3-10,21-22H,11-20H2,1-2H3,(H,35,40). The molecule has 3 fully saturated rings. The molecule has 0 aliphatic carbocycles. The van der Waals surface area contributed by atoms with E-state index in [1.54, 1.807) is 26.4 Å². The van der Waals surface area contributed by atoms with Gasteiger partial charge >= 0.3 is 0 Å². The maximum Gasteiger partial charge on any atom is 0.266 e. The van der Waals surface area contributed by atoms with Gasteiger partial charge in [0.05, 0.1) is 24.0 Å². The van der Waals surface area contributed by atoms with E-state index in [9.17, 15) is 19.2 Å². The van der Waals surface area contributed by atoms with Gasteiger partial charge in [-0.1, -0.05) is 84.4 Å². The van der Waals surface area contributed by atoms with Gasteiger partial charge in [0.25, 0.3) is 11.8 Å². The second kappa shape index (κ2) is 17.3. The van der Waals surface area contributed by atoms with Crippen LogP contribution in [0, 0.1) is 0 Å². The van der Waals surface area contributed by atoms with Gasteiger partial charge in [0.1, 0.15) is 20.1 Å². The molecular weight excluding hydrogens is 703 g/mol. The molecule has 0 spiro atoms. The van der Waals surface area contributed by atoms with Crippen molar-refractivity contribution in [3.63, 3.8) is 0 Å². The molecule has 2 aromatic carbocycles. The van der Waals surface area contributed by atoms with Crippen molar-refractivity contribution in [1.29, 1.82) is 0 Å². The summed E-state index contributed by atoms with van der Waals surface area (Å²) >= 11 is 13.3. The molecule has 2 aromatic rings. The van der Waals surface area contributed by atoms with E-state index in [1.165, 1.54) is 33.3 Å². The third kappa shape index (κ3) is 9.28. The van der Waals surface area contributed by atoms with E-state index in [-0.39, 0.29) is 49.6 Å². The first-order chi connectivity index (χ1) is 23.7. The fourth-order valence-electron chi connectivity index (χ4n) is 5.48. The molecule has 3 aliphatic rings. The second-order valence-corrected chi connectivity index (χ2v) is 14.6. The minimum absolute atomic E-state index is 0.0239. The van der Waals surface area contributed by atoms with Crippen LogP contribution in [0.2, 0.25) is 0 Å². The highest BCUT2D eigenvalue weighted by Gasteiger charge is 2.34. The molecule has 49 heavy (non-hydrogen) atoms. The quantitative estimate of drug-likeness (QED) is 0.239. The number of amides is 4. The third-order valence-electron chi connectivity index (χ3n) is 8.19. The molecule has 3 heterocycles. The van der Waals surface area contributed by atoms with Crippen LogP contribution in [0.5, 0.6) is 11.5 Å². The number of hydrogen-bond acceptors (Lipinski definition) is 11. The van der Waals surface area contributed by atoms with Crippen LogP contribution in [-0.2, 0) is 19.2 Å². The van der Waals surface area contributed by atoms with Crippen molar-refractivity contribution >= 4 is 92.4 Å².